The molecule has 0 aliphatic carbocycles. The van der Waals surface area contributed by atoms with Gasteiger partial charge in [-0.3, -0.25) is 4.79 Å². The van der Waals surface area contributed by atoms with Gasteiger partial charge in [0.1, 0.15) is 23.9 Å². The Morgan fingerprint density at radius 2 is 2.24 bits per heavy atom. The quantitative estimate of drug-likeness (QED) is 0.938. The predicted molar refractivity (Wildman–Crippen MR) is 76.3 cm³/mol. The molecule has 0 atom stereocenters. The molecule has 2 aromatic rings. The number of aryl methyl sites for hydroxylation is 1. The number of fused-ring (bicyclic) bond motifs is 1. The molecule has 0 unspecified atom stereocenters. The van der Waals surface area contributed by atoms with E-state index in [2.05, 4.69) is 10.5 Å². The van der Waals surface area contributed by atoms with Crippen LogP contribution < -0.4 is 14.8 Å². The summed E-state index contributed by atoms with van der Waals surface area (Å²) in [5.41, 5.74) is 1.32. The minimum atomic E-state index is -0.267. The van der Waals surface area contributed by atoms with Gasteiger partial charge < -0.3 is 19.3 Å². The number of amides is 1. The van der Waals surface area contributed by atoms with E-state index in [9.17, 15) is 4.79 Å². The molecule has 2 heterocycles. The van der Waals surface area contributed by atoms with Crippen LogP contribution in [0.15, 0.2) is 34.4 Å². The lowest BCUT2D eigenvalue weighted by molar-refractivity contribution is -0.113. The number of aromatic nitrogens is 1. The first kappa shape index (κ1) is 13.2. The minimum Gasteiger partial charge on any atom is -0.497 e. The summed E-state index contributed by atoms with van der Waals surface area (Å²) in [6.45, 7) is 1.97. The number of carbonyl (C=O) groups excluding carboxylic acids is 1. The van der Waals surface area contributed by atoms with E-state index >= 15 is 0 Å². The second-order valence-corrected chi connectivity index (χ2v) is 4.64. The van der Waals surface area contributed by atoms with Crippen LogP contribution in [-0.4, -0.2) is 24.8 Å². The third-order valence-electron chi connectivity index (χ3n) is 3.09. The monoisotopic (exact) mass is 286 g/mol. The summed E-state index contributed by atoms with van der Waals surface area (Å²) < 4.78 is 15.6. The Labute approximate surface area is 121 Å². The molecule has 1 N–H and O–H groups in total. The number of hydrogen-bond donors (Lipinski definition) is 1. The molecule has 108 valence electrons. The SMILES string of the molecule is COc1ccc2c(c1)C=C(C(=O)Nc1cc(C)on1)CO2. The zero-order valence-corrected chi connectivity index (χ0v) is 11.7. The molecule has 21 heavy (non-hydrogen) atoms. The Balaban J connectivity index is 1.82. The van der Waals surface area contributed by atoms with Crippen molar-refractivity contribution in [2.24, 2.45) is 0 Å². The van der Waals surface area contributed by atoms with Gasteiger partial charge in [0.15, 0.2) is 5.82 Å². The van der Waals surface area contributed by atoms with Crippen molar-refractivity contribution in [1.82, 2.24) is 5.16 Å². The van der Waals surface area contributed by atoms with Crippen LogP contribution in [-0.2, 0) is 4.79 Å². The molecular weight excluding hydrogens is 272 g/mol. The minimum absolute atomic E-state index is 0.210. The average molecular weight is 286 g/mol. The van der Waals surface area contributed by atoms with Gasteiger partial charge in [0.05, 0.1) is 12.7 Å². The Hall–Kier alpha value is -2.76. The van der Waals surface area contributed by atoms with Crippen LogP contribution in [0.5, 0.6) is 11.5 Å². The fourth-order valence-corrected chi connectivity index (χ4v) is 2.04. The molecule has 1 aliphatic rings. The highest BCUT2D eigenvalue weighted by Crippen LogP contribution is 2.30. The summed E-state index contributed by atoms with van der Waals surface area (Å²) in [4.78, 5) is 12.2. The van der Waals surface area contributed by atoms with Gasteiger partial charge >= 0.3 is 0 Å². The van der Waals surface area contributed by atoms with Crippen molar-refractivity contribution < 1.29 is 18.8 Å². The van der Waals surface area contributed by atoms with Gasteiger partial charge in [0, 0.05) is 11.6 Å². The lowest BCUT2D eigenvalue weighted by Crippen LogP contribution is -2.21. The number of rotatable bonds is 3. The van der Waals surface area contributed by atoms with Crippen LogP contribution in [0.4, 0.5) is 5.82 Å². The van der Waals surface area contributed by atoms with Crippen molar-refractivity contribution in [3.05, 3.63) is 41.2 Å². The Bertz CT molecular complexity index is 718. The van der Waals surface area contributed by atoms with E-state index in [0.29, 0.717) is 22.9 Å². The number of anilines is 1. The summed E-state index contributed by atoms with van der Waals surface area (Å²) in [7, 11) is 1.59. The summed E-state index contributed by atoms with van der Waals surface area (Å²) in [6.07, 6.45) is 1.78. The smallest absolute Gasteiger partial charge is 0.256 e. The number of ether oxygens (including phenoxy) is 2. The molecule has 1 aliphatic heterocycles. The van der Waals surface area contributed by atoms with Gasteiger partial charge in [-0.15, -0.1) is 0 Å². The average Bonchev–Trinajstić information content (AvgIpc) is 2.91. The van der Waals surface area contributed by atoms with Crippen molar-refractivity contribution in [3.8, 4) is 11.5 Å². The van der Waals surface area contributed by atoms with E-state index in [1.54, 1.807) is 26.2 Å². The lowest BCUT2D eigenvalue weighted by atomic mass is 10.1. The molecule has 6 heteroatoms. The molecule has 6 nitrogen and oxygen atoms in total. The highest BCUT2D eigenvalue weighted by Gasteiger charge is 2.18. The number of carbonyl (C=O) groups is 1. The van der Waals surface area contributed by atoms with E-state index in [4.69, 9.17) is 14.0 Å². The number of benzene rings is 1. The van der Waals surface area contributed by atoms with Gasteiger partial charge in [-0.2, -0.15) is 0 Å². The van der Waals surface area contributed by atoms with Gasteiger partial charge in [-0.25, -0.2) is 0 Å². The summed E-state index contributed by atoms with van der Waals surface area (Å²) in [6, 6.07) is 7.11. The second kappa shape index (κ2) is 5.32. The van der Waals surface area contributed by atoms with Gasteiger partial charge in [-0.1, -0.05) is 5.16 Å². The van der Waals surface area contributed by atoms with E-state index in [-0.39, 0.29) is 12.5 Å². The first-order chi connectivity index (χ1) is 10.2. The van der Waals surface area contributed by atoms with Crippen molar-refractivity contribution in [2.45, 2.75) is 6.92 Å². The van der Waals surface area contributed by atoms with E-state index in [0.717, 1.165) is 11.3 Å². The van der Waals surface area contributed by atoms with E-state index in [1.165, 1.54) is 0 Å². The highest BCUT2D eigenvalue weighted by atomic mass is 16.5. The van der Waals surface area contributed by atoms with Crippen molar-refractivity contribution in [2.75, 3.05) is 19.0 Å². The van der Waals surface area contributed by atoms with Gasteiger partial charge in [0.25, 0.3) is 5.91 Å². The van der Waals surface area contributed by atoms with Gasteiger partial charge in [-0.05, 0) is 31.2 Å². The molecule has 3 rings (SSSR count). The molecular formula is C15H14N2O4. The molecule has 1 aromatic carbocycles. The maximum Gasteiger partial charge on any atom is 0.256 e. The summed E-state index contributed by atoms with van der Waals surface area (Å²) in [5, 5.41) is 6.40. The summed E-state index contributed by atoms with van der Waals surface area (Å²) >= 11 is 0. The molecule has 0 saturated carbocycles. The fraction of sp³-hybridized carbons (Fsp3) is 0.200. The molecule has 0 fully saturated rings. The number of nitrogens with one attached hydrogen (secondary N) is 1. The topological polar surface area (TPSA) is 73.6 Å². The number of hydrogen-bond acceptors (Lipinski definition) is 5. The molecule has 0 bridgehead atoms. The molecule has 0 radical (unpaired) electrons. The molecule has 1 amide bonds. The van der Waals surface area contributed by atoms with Crippen LogP contribution in [0.3, 0.4) is 0 Å². The molecule has 1 aromatic heterocycles. The second-order valence-electron chi connectivity index (χ2n) is 4.64. The lowest BCUT2D eigenvalue weighted by Gasteiger charge is -2.17. The van der Waals surface area contributed by atoms with Crippen LogP contribution in [0.2, 0.25) is 0 Å². The largest absolute Gasteiger partial charge is 0.497 e. The Morgan fingerprint density at radius 1 is 1.38 bits per heavy atom. The van der Waals surface area contributed by atoms with Crippen LogP contribution in [0, 0.1) is 6.92 Å². The van der Waals surface area contributed by atoms with E-state index < -0.39 is 0 Å². The molecule has 0 saturated heterocycles. The third-order valence-corrected chi connectivity index (χ3v) is 3.09. The predicted octanol–water partition coefficient (Wildman–Crippen LogP) is 2.41. The molecule has 0 spiro atoms. The number of nitrogens with zero attached hydrogens (tertiary/aromatic N) is 1. The zero-order valence-electron chi connectivity index (χ0n) is 11.7. The first-order valence-corrected chi connectivity index (χ1v) is 6.42. The van der Waals surface area contributed by atoms with Crippen LogP contribution in [0.1, 0.15) is 11.3 Å². The highest BCUT2D eigenvalue weighted by molar-refractivity contribution is 6.07. The third kappa shape index (κ3) is 2.74. The van der Waals surface area contributed by atoms with Crippen molar-refractivity contribution in [3.63, 3.8) is 0 Å². The van der Waals surface area contributed by atoms with Crippen molar-refractivity contribution in [1.29, 1.82) is 0 Å². The Morgan fingerprint density at radius 3 is 2.95 bits per heavy atom. The Kier molecular flexibility index (Phi) is 3.35. The standard InChI is InChI=1S/C15H14N2O4/c1-9-5-14(17-21-9)16-15(18)11-6-10-7-12(19-2)3-4-13(10)20-8-11/h3-7H,8H2,1-2H3,(H,16,17,18). The first-order valence-electron chi connectivity index (χ1n) is 6.42. The normalized spacial score (nSPS) is 13.0. The van der Waals surface area contributed by atoms with Gasteiger partial charge in [0.2, 0.25) is 0 Å². The van der Waals surface area contributed by atoms with Crippen LogP contribution in [0.25, 0.3) is 6.08 Å². The maximum atomic E-state index is 12.2. The van der Waals surface area contributed by atoms with Crippen LogP contribution >= 0.6 is 0 Å². The fourth-order valence-electron chi connectivity index (χ4n) is 2.04. The maximum absolute atomic E-state index is 12.2. The van der Waals surface area contributed by atoms with E-state index in [1.807, 2.05) is 18.2 Å². The zero-order chi connectivity index (χ0) is 14.8. The number of methoxy groups -OCH3 is 1. The van der Waals surface area contributed by atoms with Crippen molar-refractivity contribution >= 4 is 17.8 Å². The summed E-state index contributed by atoms with van der Waals surface area (Å²) in [5.74, 6) is 2.19.